The summed E-state index contributed by atoms with van der Waals surface area (Å²) in [5.41, 5.74) is 5.47. The third-order valence-corrected chi connectivity index (χ3v) is 4.02. The fraction of sp³-hybridized carbons (Fsp3) is 0.364. The van der Waals surface area contributed by atoms with Crippen LogP contribution in [-0.2, 0) is 14.8 Å². The lowest BCUT2D eigenvalue weighted by atomic mass is 10.2. The van der Waals surface area contributed by atoms with E-state index in [0.717, 1.165) is 13.2 Å². The molecule has 0 saturated heterocycles. The number of methoxy groups -OCH3 is 1. The van der Waals surface area contributed by atoms with Crippen LogP contribution in [0.1, 0.15) is 10.4 Å². The van der Waals surface area contributed by atoms with Crippen molar-refractivity contribution >= 4 is 21.7 Å². The first-order chi connectivity index (χ1) is 9.35. The largest absolute Gasteiger partial charge is 0.465 e. The molecular formula is C11H16N2O6S. The number of nitrogens with one attached hydrogen (secondary N) is 1. The van der Waals surface area contributed by atoms with E-state index in [1.165, 1.54) is 12.1 Å². The van der Waals surface area contributed by atoms with Crippen molar-refractivity contribution in [2.75, 3.05) is 26.1 Å². The normalized spacial score (nSPS) is 11.6. The first-order valence-corrected chi connectivity index (χ1v) is 7.06. The second-order valence-corrected chi connectivity index (χ2v) is 5.61. The molecule has 0 aromatic heterocycles. The molecule has 0 aliphatic carbocycles. The molecule has 20 heavy (non-hydrogen) atoms. The van der Waals surface area contributed by atoms with Gasteiger partial charge in [0, 0.05) is 5.69 Å². The molecular weight excluding hydrogens is 288 g/mol. The third kappa shape index (κ3) is 3.67. The first kappa shape index (κ1) is 16.4. The zero-order chi connectivity index (χ0) is 15.3. The summed E-state index contributed by atoms with van der Waals surface area (Å²) in [6, 6.07) is 2.61. The van der Waals surface area contributed by atoms with E-state index in [2.05, 4.69) is 9.46 Å². The lowest BCUT2D eigenvalue weighted by Crippen LogP contribution is -2.40. The Morgan fingerprint density at radius 1 is 1.40 bits per heavy atom. The van der Waals surface area contributed by atoms with Crippen molar-refractivity contribution in [3.8, 4) is 0 Å². The van der Waals surface area contributed by atoms with E-state index < -0.39 is 35.2 Å². The van der Waals surface area contributed by atoms with Gasteiger partial charge in [-0.1, -0.05) is 0 Å². The highest BCUT2D eigenvalue weighted by atomic mass is 32.2. The zero-order valence-corrected chi connectivity index (χ0v) is 11.6. The summed E-state index contributed by atoms with van der Waals surface area (Å²) >= 11 is 0. The molecule has 5 N–H and O–H groups in total. The van der Waals surface area contributed by atoms with Crippen LogP contribution in [0.25, 0.3) is 0 Å². The van der Waals surface area contributed by atoms with Crippen molar-refractivity contribution in [1.29, 1.82) is 0 Å². The number of sulfonamides is 1. The smallest absolute Gasteiger partial charge is 0.339 e. The monoisotopic (exact) mass is 304 g/mol. The Hall–Kier alpha value is -1.68. The van der Waals surface area contributed by atoms with Crippen LogP contribution in [0.4, 0.5) is 5.69 Å². The summed E-state index contributed by atoms with van der Waals surface area (Å²) in [5, 5.41) is 17.8. The topological polar surface area (TPSA) is 139 Å². The van der Waals surface area contributed by atoms with E-state index in [0.29, 0.717) is 0 Å². The number of ether oxygens (including phenoxy) is 1. The van der Waals surface area contributed by atoms with Crippen molar-refractivity contribution < 1.29 is 28.2 Å². The molecule has 1 aromatic carbocycles. The molecule has 9 heteroatoms. The van der Waals surface area contributed by atoms with Crippen LogP contribution in [0, 0.1) is 0 Å². The Morgan fingerprint density at radius 3 is 2.50 bits per heavy atom. The summed E-state index contributed by atoms with van der Waals surface area (Å²) in [5.74, 6) is -0.838. The molecule has 0 saturated carbocycles. The van der Waals surface area contributed by atoms with Crippen LogP contribution >= 0.6 is 0 Å². The average molecular weight is 304 g/mol. The number of carbonyl (C=O) groups excluding carboxylic acids is 1. The number of benzene rings is 1. The Bertz CT molecular complexity index is 583. The zero-order valence-electron chi connectivity index (χ0n) is 10.7. The molecule has 0 aliphatic rings. The SMILES string of the molecule is COC(=O)c1ccc(N)cc1S(=O)(=O)NC(CO)CO. The van der Waals surface area contributed by atoms with Crippen LogP contribution in [0.3, 0.4) is 0 Å². The molecule has 0 unspecified atom stereocenters. The maximum absolute atomic E-state index is 12.2. The number of aliphatic hydroxyl groups is 2. The molecule has 0 bridgehead atoms. The average Bonchev–Trinajstić information content (AvgIpc) is 2.43. The lowest BCUT2D eigenvalue weighted by molar-refractivity contribution is 0.0596. The van der Waals surface area contributed by atoms with Gasteiger partial charge in [-0.25, -0.2) is 17.9 Å². The number of nitrogen functional groups attached to an aromatic ring is 1. The molecule has 1 aromatic rings. The maximum atomic E-state index is 12.2. The number of aliphatic hydroxyl groups excluding tert-OH is 2. The van der Waals surface area contributed by atoms with Gasteiger partial charge in [-0.15, -0.1) is 0 Å². The Morgan fingerprint density at radius 2 is 2.00 bits per heavy atom. The van der Waals surface area contributed by atoms with Crippen molar-refractivity contribution in [1.82, 2.24) is 4.72 Å². The number of esters is 1. The van der Waals surface area contributed by atoms with Crippen molar-refractivity contribution in [2.24, 2.45) is 0 Å². The summed E-state index contributed by atoms with van der Waals surface area (Å²) < 4.78 is 30.9. The minimum absolute atomic E-state index is 0.141. The van der Waals surface area contributed by atoms with E-state index in [9.17, 15) is 13.2 Å². The predicted molar refractivity (Wildman–Crippen MR) is 70.5 cm³/mol. The van der Waals surface area contributed by atoms with Gasteiger partial charge >= 0.3 is 5.97 Å². The van der Waals surface area contributed by atoms with E-state index in [1.807, 2.05) is 0 Å². The van der Waals surface area contributed by atoms with E-state index in [-0.39, 0.29) is 16.1 Å². The number of hydrogen-bond donors (Lipinski definition) is 4. The van der Waals surface area contributed by atoms with Gasteiger partial charge in [-0.3, -0.25) is 0 Å². The standard InChI is InChI=1S/C11H16N2O6S/c1-19-11(16)9-3-2-7(12)4-10(9)20(17,18)13-8(5-14)6-15/h2-4,8,13-15H,5-6,12H2,1H3. The van der Waals surface area contributed by atoms with Gasteiger partial charge in [0.25, 0.3) is 0 Å². The summed E-state index contributed by atoms with van der Waals surface area (Å²) in [4.78, 5) is 11.2. The van der Waals surface area contributed by atoms with E-state index in [1.54, 1.807) is 0 Å². The molecule has 8 nitrogen and oxygen atoms in total. The molecule has 1 rings (SSSR count). The van der Waals surface area contributed by atoms with Gasteiger partial charge in [0.05, 0.1) is 36.8 Å². The van der Waals surface area contributed by atoms with Gasteiger partial charge in [0.15, 0.2) is 0 Å². The molecule has 0 fully saturated rings. The number of hydrogen-bond acceptors (Lipinski definition) is 7. The number of nitrogens with two attached hydrogens (primary N) is 1. The minimum atomic E-state index is -4.14. The highest BCUT2D eigenvalue weighted by molar-refractivity contribution is 7.89. The quantitative estimate of drug-likeness (QED) is 0.378. The van der Waals surface area contributed by atoms with Crippen molar-refractivity contribution in [2.45, 2.75) is 10.9 Å². The van der Waals surface area contributed by atoms with Crippen molar-refractivity contribution in [3.63, 3.8) is 0 Å². The molecule has 0 aliphatic heterocycles. The Labute approximate surface area is 116 Å². The molecule has 0 heterocycles. The maximum Gasteiger partial charge on any atom is 0.339 e. The number of rotatable bonds is 6. The highest BCUT2D eigenvalue weighted by Crippen LogP contribution is 2.20. The Balaban J connectivity index is 3.29. The number of anilines is 1. The molecule has 0 spiro atoms. The second-order valence-electron chi connectivity index (χ2n) is 3.93. The van der Waals surface area contributed by atoms with Gasteiger partial charge in [-0.2, -0.15) is 0 Å². The summed E-state index contributed by atoms with van der Waals surface area (Å²) in [6.07, 6.45) is 0. The highest BCUT2D eigenvalue weighted by Gasteiger charge is 2.25. The predicted octanol–water partition coefficient (Wildman–Crippen LogP) is -1.31. The van der Waals surface area contributed by atoms with E-state index >= 15 is 0 Å². The first-order valence-electron chi connectivity index (χ1n) is 5.57. The fourth-order valence-electron chi connectivity index (χ4n) is 1.46. The summed E-state index contributed by atoms with van der Waals surface area (Å²) in [6.45, 7) is -1.18. The molecule has 0 amide bonds. The van der Waals surface area contributed by atoms with Gasteiger partial charge in [0.1, 0.15) is 0 Å². The van der Waals surface area contributed by atoms with E-state index in [4.69, 9.17) is 15.9 Å². The van der Waals surface area contributed by atoms with Gasteiger partial charge in [0.2, 0.25) is 10.0 Å². The fourth-order valence-corrected chi connectivity index (χ4v) is 2.90. The van der Waals surface area contributed by atoms with Gasteiger partial charge < -0.3 is 20.7 Å². The minimum Gasteiger partial charge on any atom is -0.465 e. The number of carbonyl (C=O) groups is 1. The molecule has 0 atom stereocenters. The van der Waals surface area contributed by atoms with Crippen LogP contribution in [0.5, 0.6) is 0 Å². The third-order valence-electron chi connectivity index (χ3n) is 2.46. The Kier molecular flexibility index (Phi) is 5.45. The van der Waals surface area contributed by atoms with Crippen LogP contribution in [-0.4, -0.2) is 51.0 Å². The second kappa shape index (κ2) is 6.66. The van der Waals surface area contributed by atoms with Crippen LogP contribution in [0.15, 0.2) is 23.1 Å². The van der Waals surface area contributed by atoms with Crippen LogP contribution < -0.4 is 10.5 Å². The van der Waals surface area contributed by atoms with Crippen molar-refractivity contribution in [3.05, 3.63) is 23.8 Å². The van der Waals surface area contributed by atoms with Gasteiger partial charge in [-0.05, 0) is 18.2 Å². The summed E-state index contributed by atoms with van der Waals surface area (Å²) in [7, 11) is -3.02. The van der Waals surface area contributed by atoms with Crippen LogP contribution in [0.2, 0.25) is 0 Å². The molecule has 112 valence electrons. The molecule has 0 radical (unpaired) electrons. The lowest BCUT2D eigenvalue weighted by Gasteiger charge is -2.15.